The molecule has 0 aliphatic rings. The highest BCUT2D eigenvalue weighted by Gasteiger charge is 2.19. The van der Waals surface area contributed by atoms with E-state index in [4.69, 9.17) is 4.98 Å². The maximum absolute atomic E-state index is 4.87. The van der Waals surface area contributed by atoms with Crippen LogP contribution in [0.4, 0.5) is 0 Å². The van der Waals surface area contributed by atoms with Gasteiger partial charge in [0.05, 0.1) is 17.3 Å². The van der Waals surface area contributed by atoms with Crippen LogP contribution in [-0.2, 0) is 0 Å². The van der Waals surface area contributed by atoms with Crippen LogP contribution in [0.3, 0.4) is 0 Å². The lowest BCUT2D eigenvalue weighted by molar-refractivity contribution is 0.617. The Hall–Kier alpha value is -1.23. The van der Waals surface area contributed by atoms with Crippen molar-refractivity contribution < 1.29 is 0 Å². The van der Waals surface area contributed by atoms with Crippen molar-refractivity contribution in [2.45, 2.75) is 19.9 Å². The Morgan fingerprint density at radius 2 is 2.10 bits per heavy atom. The van der Waals surface area contributed by atoms with Gasteiger partial charge in [0.25, 0.3) is 0 Å². The number of nitrogens with zero attached hydrogens (tertiary/aromatic N) is 1. The highest BCUT2D eigenvalue weighted by Crippen LogP contribution is 2.32. The molecule has 0 aliphatic heterocycles. The van der Waals surface area contributed by atoms with Gasteiger partial charge in [-0.2, -0.15) is 11.3 Å². The third-order valence-electron chi connectivity index (χ3n) is 3.60. The summed E-state index contributed by atoms with van der Waals surface area (Å²) in [7, 11) is 0. The lowest BCUT2D eigenvalue weighted by atomic mass is 10.0. The van der Waals surface area contributed by atoms with Crippen molar-refractivity contribution in [2.75, 3.05) is 6.54 Å². The molecular formula is C17H17BrN2S. The Morgan fingerprint density at radius 3 is 2.81 bits per heavy atom. The maximum Gasteiger partial charge on any atom is 0.0770 e. The minimum absolute atomic E-state index is 0.124. The van der Waals surface area contributed by atoms with Gasteiger partial charge in [-0.05, 0) is 58.0 Å². The molecule has 0 radical (unpaired) electrons. The summed E-state index contributed by atoms with van der Waals surface area (Å²) < 4.78 is 1.14. The highest BCUT2D eigenvalue weighted by atomic mass is 79.9. The van der Waals surface area contributed by atoms with Gasteiger partial charge >= 0.3 is 0 Å². The van der Waals surface area contributed by atoms with Gasteiger partial charge in [0.1, 0.15) is 0 Å². The van der Waals surface area contributed by atoms with E-state index < -0.39 is 0 Å². The van der Waals surface area contributed by atoms with E-state index in [-0.39, 0.29) is 6.04 Å². The fraction of sp³-hybridized carbons (Fsp3) is 0.235. The molecule has 1 N–H and O–H groups in total. The largest absolute Gasteiger partial charge is 0.305 e. The molecule has 2 nitrogen and oxygen atoms in total. The lowest BCUT2D eigenvalue weighted by Crippen LogP contribution is -2.23. The van der Waals surface area contributed by atoms with Crippen molar-refractivity contribution in [1.29, 1.82) is 0 Å². The molecule has 0 saturated heterocycles. The van der Waals surface area contributed by atoms with Crippen molar-refractivity contribution in [2.24, 2.45) is 0 Å². The van der Waals surface area contributed by atoms with Crippen molar-refractivity contribution >= 4 is 38.2 Å². The van der Waals surface area contributed by atoms with Crippen LogP contribution in [0.25, 0.3) is 10.9 Å². The number of aromatic nitrogens is 1. The Balaban J connectivity index is 2.14. The van der Waals surface area contributed by atoms with Gasteiger partial charge in [0, 0.05) is 15.2 Å². The third kappa shape index (κ3) is 2.89. The first-order valence-electron chi connectivity index (χ1n) is 7.02. The predicted octanol–water partition coefficient (Wildman–Crippen LogP) is 5.07. The highest BCUT2D eigenvalue weighted by molar-refractivity contribution is 9.10. The Kier molecular flexibility index (Phi) is 4.38. The van der Waals surface area contributed by atoms with E-state index in [0.29, 0.717) is 0 Å². The predicted molar refractivity (Wildman–Crippen MR) is 94.0 cm³/mol. The number of halogens is 1. The van der Waals surface area contributed by atoms with E-state index in [1.807, 2.05) is 6.07 Å². The van der Waals surface area contributed by atoms with Crippen LogP contribution < -0.4 is 5.32 Å². The molecule has 1 atom stereocenters. The molecule has 0 aliphatic carbocycles. The number of hydrogen-bond acceptors (Lipinski definition) is 3. The molecule has 0 bridgehead atoms. The van der Waals surface area contributed by atoms with Gasteiger partial charge in [0.2, 0.25) is 0 Å². The van der Waals surface area contributed by atoms with Gasteiger partial charge in [-0.3, -0.25) is 4.98 Å². The number of aryl methyl sites for hydroxylation is 1. The van der Waals surface area contributed by atoms with Crippen molar-refractivity contribution in [3.8, 4) is 0 Å². The van der Waals surface area contributed by atoms with Crippen LogP contribution in [-0.4, -0.2) is 11.5 Å². The number of thiophene rings is 1. The molecule has 0 saturated carbocycles. The topological polar surface area (TPSA) is 24.9 Å². The molecule has 0 spiro atoms. The second kappa shape index (κ2) is 6.26. The fourth-order valence-electron chi connectivity index (χ4n) is 2.60. The van der Waals surface area contributed by atoms with E-state index in [9.17, 15) is 0 Å². The van der Waals surface area contributed by atoms with Gasteiger partial charge in [0.15, 0.2) is 0 Å². The summed E-state index contributed by atoms with van der Waals surface area (Å²) in [4.78, 5) is 4.87. The third-order valence-corrected chi connectivity index (χ3v) is 5.35. The molecule has 3 rings (SSSR count). The van der Waals surface area contributed by atoms with E-state index in [2.05, 4.69) is 70.1 Å². The average molecular weight is 361 g/mol. The van der Waals surface area contributed by atoms with Crippen LogP contribution in [0.2, 0.25) is 0 Å². The maximum atomic E-state index is 4.87. The summed E-state index contributed by atoms with van der Waals surface area (Å²) in [5.74, 6) is 0. The second-order valence-electron chi connectivity index (χ2n) is 5.05. The minimum atomic E-state index is 0.124. The lowest BCUT2D eigenvalue weighted by Gasteiger charge is -2.18. The number of pyridine rings is 1. The zero-order valence-corrected chi connectivity index (χ0v) is 14.5. The van der Waals surface area contributed by atoms with E-state index in [1.165, 1.54) is 16.5 Å². The van der Waals surface area contributed by atoms with Gasteiger partial charge in [-0.15, -0.1) is 0 Å². The first-order valence-corrected chi connectivity index (χ1v) is 8.75. The molecular weight excluding hydrogens is 344 g/mol. The number of hydrogen-bond donors (Lipinski definition) is 1. The molecule has 2 heterocycles. The second-order valence-corrected chi connectivity index (χ2v) is 6.64. The summed E-state index contributed by atoms with van der Waals surface area (Å²) in [5.41, 5.74) is 4.66. The molecule has 0 amide bonds. The first-order chi connectivity index (χ1) is 10.2. The summed E-state index contributed by atoms with van der Waals surface area (Å²) in [6, 6.07) is 10.6. The molecule has 2 aromatic heterocycles. The normalized spacial score (nSPS) is 12.7. The summed E-state index contributed by atoms with van der Waals surface area (Å²) in [6.45, 7) is 5.18. The summed E-state index contributed by atoms with van der Waals surface area (Å²) in [6.07, 6.45) is 0. The summed E-state index contributed by atoms with van der Waals surface area (Å²) >= 11 is 5.35. The molecule has 1 aromatic carbocycles. The van der Waals surface area contributed by atoms with Gasteiger partial charge in [-0.25, -0.2) is 0 Å². The molecule has 0 fully saturated rings. The van der Waals surface area contributed by atoms with Crippen molar-refractivity contribution in [3.63, 3.8) is 0 Å². The zero-order valence-electron chi connectivity index (χ0n) is 12.1. The van der Waals surface area contributed by atoms with E-state index in [0.717, 1.165) is 22.2 Å². The van der Waals surface area contributed by atoms with Crippen molar-refractivity contribution in [3.05, 3.63) is 62.4 Å². The Labute approximate surface area is 137 Å². The van der Waals surface area contributed by atoms with Crippen LogP contribution >= 0.6 is 27.3 Å². The van der Waals surface area contributed by atoms with Crippen molar-refractivity contribution in [1.82, 2.24) is 10.3 Å². The Bertz CT molecular complexity index is 766. The molecule has 4 heteroatoms. The molecule has 21 heavy (non-hydrogen) atoms. The molecule has 108 valence electrons. The summed E-state index contributed by atoms with van der Waals surface area (Å²) in [5, 5.41) is 9.07. The van der Waals surface area contributed by atoms with Crippen LogP contribution in [0.15, 0.2) is 45.6 Å². The number of para-hydroxylation sites is 1. The minimum Gasteiger partial charge on any atom is -0.305 e. The van der Waals surface area contributed by atoms with E-state index in [1.54, 1.807) is 11.3 Å². The fourth-order valence-corrected chi connectivity index (χ4v) is 4.15. The number of nitrogens with one attached hydrogen (secondary N) is 1. The molecule has 3 aromatic rings. The SMILES string of the molecule is CCNC(c1cc(C)c2ccccc2n1)c1cscc1Br. The van der Waals surface area contributed by atoms with E-state index >= 15 is 0 Å². The number of rotatable bonds is 4. The Morgan fingerprint density at radius 1 is 1.29 bits per heavy atom. The average Bonchev–Trinajstić information content (AvgIpc) is 2.91. The van der Waals surface area contributed by atoms with Gasteiger partial charge in [-0.1, -0.05) is 25.1 Å². The van der Waals surface area contributed by atoms with Crippen LogP contribution in [0.5, 0.6) is 0 Å². The number of benzene rings is 1. The smallest absolute Gasteiger partial charge is 0.0770 e. The van der Waals surface area contributed by atoms with Crippen LogP contribution in [0.1, 0.15) is 29.8 Å². The zero-order chi connectivity index (χ0) is 14.8. The van der Waals surface area contributed by atoms with Crippen LogP contribution in [0, 0.1) is 6.92 Å². The first kappa shape index (κ1) is 14.7. The monoisotopic (exact) mass is 360 g/mol. The quantitative estimate of drug-likeness (QED) is 0.702. The molecule has 1 unspecified atom stereocenters. The number of fused-ring (bicyclic) bond motifs is 1. The van der Waals surface area contributed by atoms with Gasteiger partial charge < -0.3 is 5.32 Å². The standard InChI is InChI=1S/C17H17BrN2S/c1-3-19-17(13-9-21-10-14(13)18)16-8-11(2)12-6-4-5-7-15(12)20-16/h4-10,17,19H,3H2,1-2H3.